The maximum atomic E-state index is 13.8. The Labute approximate surface area is 283 Å². The molecule has 3 heterocycles. The van der Waals surface area contributed by atoms with Gasteiger partial charge in [-0.3, -0.25) is 14.4 Å². The number of nitrogens with zero attached hydrogens (tertiary/aromatic N) is 3. The summed E-state index contributed by atoms with van der Waals surface area (Å²) in [5.74, 6) is -1.31. The van der Waals surface area contributed by atoms with Gasteiger partial charge in [-0.25, -0.2) is 9.07 Å². The number of H-pyrrole nitrogens is 1. The summed E-state index contributed by atoms with van der Waals surface area (Å²) in [5, 5.41) is 16.4. The SMILES string of the molecule is COCCOCc1cn(CCOCCOCCOCCC(=O)NCCNC(=O)c2c(C)[nH]c(/C=C3\C(=O)Nc4ccc(F)cc43)c2C)nn1. The number of aromatic amines is 1. The van der Waals surface area contributed by atoms with E-state index in [0.29, 0.717) is 98.7 Å². The van der Waals surface area contributed by atoms with Crippen molar-refractivity contribution in [2.75, 3.05) is 78.4 Å². The van der Waals surface area contributed by atoms with E-state index in [1.165, 1.54) is 18.2 Å². The van der Waals surface area contributed by atoms with Gasteiger partial charge in [0.1, 0.15) is 11.5 Å². The van der Waals surface area contributed by atoms with E-state index < -0.39 is 5.82 Å². The Kier molecular flexibility index (Phi) is 14.9. The van der Waals surface area contributed by atoms with Gasteiger partial charge in [-0.15, -0.1) is 5.10 Å². The summed E-state index contributed by atoms with van der Waals surface area (Å²) in [5.41, 5.74) is 4.34. The number of amides is 3. The van der Waals surface area contributed by atoms with Crippen molar-refractivity contribution in [3.05, 3.63) is 64.0 Å². The molecule has 2 aromatic heterocycles. The van der Waals surface area contributed by atoms with Gasteiger partial charge in [-0.1, -0.05) is 5.21 Å². The lowest BCUT2D eigenvalue weighted by molar-refractivity contribution is -0.122. The molecule has 0 atom stereocenters. The van der Waals surface area contributed by atoms with Crippen LogP contribution in [0.3, 0.4) is 0 Å². The molecule has 3 amide bonds. The second-order valence-electron chi connectivity index (χ2n) is 11.1. The average molecular weight is 686 g/mol. The summed E-state index contributed by atoms with van der Waals surface area (Å²) >= 11 is 0. The van der Waals surface area contributed by atoms with E-state index >= 15 is 0 Å². The zero-order valence-corrected chi connectivity index (χ0v) is 28.1. The highest BCUT2D eigenvalue weighted by Crippen LogP contribution is 2.34. The summed E-state index contributed by atoms with van der Waals surface area (Å²) in [4.78, 5) is 40.7. The van der Waals surface area contributed by atoms with Gasteiger partial charge in [0.2, 0.25) is 5.91 Å². The van der Waals surface area contributed by atoms with Gasteiger partial charge in [0.25, 0.3) is 11.8 Å². The number of aryl methyl sites for hydroxylation is 1. The summed E-state index contributed by atoms with van der Waals surface area (Å²) in [6.07, 6.45) is 3.61. The number of aromatic nitrogens is 4. The van der Waals surface area contributed by atoms with Gasteiger partial charge in [-0.2, -0.15) is 0 Å². The Hall–Kier alpha value is -4.48. The van der Waals surface area contributed by atoms with Gasteiger partial charge in [0.05, 0.1) is 83.3 Å². The molecule has 0 bridgehead atoms. The molecule has 0 radical (unpaired) electrons. The van der Waals surface area contributed by atoms with E-state index in [9.17, 15) is 18.8 Å². The number of hydrogen-bond acceptors (Lipinski definition) is 10. The highest BCUT2D eigenvalue weighted by atomic mass is 19.1. The fourth-order valence-corrected chi connectivity index (χ4v) is 4.96. The molecule has 49 heavy (non-hydrogen) atoms. The summed E-state index contributed by atoms with van der Waals surface area (Å²) in [7, 11) is 1.62. The molecule has 0 fully saturated rings. The fraction of sp³-hybridized carbons (Fsp3) is 0.485. The third-order valence-corrected chi connectivity index (χ3v) is 7.44. The predicted molar refractivity (Wildman–Crippen MR) is 177 cm³/mol. The summed E-state index contributed by atoms with van der Waals surface area (Å²) in [6.45, 7) is 8.26. The monoisotopic (exact) mass is 685 g/mol. The molecular weight excluding hydrogens is 641 g/mol. The average Bonchev–Trinajstić information content (AvgIpc) is 3.74. The Balaban J connectivity index is 1.02. The molecular formula is C33H44FN7O8. The second-order valence-corrected chi connectivity index (χ2v) is 11.1. The first-order chi connectivity index (χ1) is 23.8. The number of rotatable bonds is 22. The molecule has 15 nitrogen and oxygen atoms in total. The summed E-state index contributed by atoms with van der Waals surface area (Å²) < 4.78 is 42.3. The van der Waals surface area contributed by atoms with Crippen LogP contribution in [0.5, 0.6) is 0 Å². The minimum atomic E-state index is -0.448. The van der Waals surface area contributed by atoms with Crippen molar-refractivity contribution in [3.63, 3.8) is 0 Å². The van der Waals surface area contributed by atoms with Crippen LogP contribution in [0.25, 0.3) is 11.6 Å². The molecule has 4 rings (SSSR count). The van der Waals surface area contributed by atoms with Crippen LogP contribution in [0, 0.1) is 19.7 Å². The second kappa shape index (κ2) is 19.5. The van der Waals surface area contributed by atoms with Crippen molar-refractivity contribution in [1.82, 2.24) is 30.6 Å². The van der Waals surface area contributed by atoms with Crippen molar-refractivity contribution in [2.45, 2.75) is 33.4 Å². The van der Waals surface area contributed by atoms with E-state index in [-0.39, 0.29) is 43.8 Å². The Bertz CT molecular complexity index is 1590. The number of carbonyl (C=O) groups excluding carboxylic acids is 3. The van der Waals surface area contributed by atoms with Crippen LogP contribution in [0.1, 0.15) is 45.0 Å². The summed E-state index contributed by atoms with van der Waals surface area (Å²) in [6, 6.07) is 4.10. The fourth-order valence-electron chi connectivity index (χ4n) is 4.96. The van der Waals surface area contributed by atoms with Crippen molar-refractivity contribution in [2.24, 2.45) is 0 Å². The molecule has 3 aromatic rings. The van der Waals surface area contributed by atoms with Crippen molar-refractivity contribution < 1.29 is 42.5 Å². The number of ether oxygens (including phenoxy) is 5. The lowest BCUT2D eigenvalue weighted by atomic mass is 10.0. The third kappa shape index (κ3) is 11.6. The van der Waals surface area contributed by atoms with Crippen LogP contribution in [-0.4, -0.2) is 111 Å². The van der Waals surface area contributed by atoms with Gasteiger partial charge >= 0.3 is 0 Å². The van der Waals surface area contributed by atoms with E-state index in [1.54, 1.807) is 31.7 Å². The van der Waals surface area contributed by atoms with E-state index in [2.05, 4.69) is 31.2 Å². The number of methoxy groups -OCH3 is 1. The zero-order valence-electron chi connectivity index (χ0n) is 28.1. The van der Waals surface area contributed by atoms with Crippen molar-refractivity contribution >= 4 is 35.1 Å². The van der Waals surface area contributed by atoms with Gasteiger partial charge < -0.3 is 44.6 Å². The maximum Gasteiger partial charge on any atom is 0.256 e. The number of nitrogens with one attached hydrogen (secondary N) is 4. The molecule has 0 saturated carbocycles. The number of halogens is 1. The number of anilines is 1. The molecule has 0 saturated heterocycles. The number of carbonyl (C=O) groups is 3. The minimum absolute atomic E-state index is 0.176. The van der Waals surface area contributed by atoms with Gasteiger partial charge in [-0.05, 0) is 43.7 Å². The standard InChI is InChI=1S/C33H44FN7O8/c1-22-29(19-27-26-18-24(34)4-5-28(26)38-32(27)43)37-23(2)31(22)33(44)36-8-7-35-30(42)6-10-46-14-16-48-17-15-47-11-9-41-20-25(39-40-41)21-49-13-12-45-3/h4-5,18-20,37H,6-17,21H2,1-3H3,(H,35,42)(H,36,44)(H,38,43)/b27-19-. The van der Waals surface area contributed by atoms with Gasteiger partial charge in [0.15, 0.2) is 0 Å². The van der Waals surface area contributed by atoms with Crippen LogP contribution in [0.15, 0.2) is 24.4 Å². The Morgan fingerprint density at radius 2 is 1.67 bits per heavy atom. The highest BCUT2D eigenvalue weighted by Gasteiger charge is 2.26. The molecule has 0 aliphatic carbocycles. The molecule has 16 heteroatoms. The minimum Gasteiger partial charge on any atom is -0.382 e. The van der Waals surface area contributed by atoms with E-state index in [1.807, 2.05) is 6.20 Å². The Morgan fingerprint density at radius 1 is 0.959 bits per heavy atom. The van der Waals surface area contributed by atoms with Gasteiger partial charge in [0, 0.05) is 49.3 Å². The largest absolute Gasteiger partial charge is 0.382 e. The van der Waals surface area contributed by atoms with E-state index in [0.717, 1.165) is 5.69 Å². The van der Waals surface area contributed by atoms with Crippen LogP contribution in [0.4, 0.5) is 10.1 Å². The molecule has 1 aliphatic rings. The van der Waals surface area contributed by atoms with Crippen LogP contribution in [-0.2, 0) is 46.4 Å². The highest BCUT2D eigenvalue weighted by molar-refractivity contribution is 6.34. The smallest absolute Gasteiger partial charge is 0.256 e. The van der Waals surface area contributed by atoms with Crippen molar-refractivity contribution in [3.8, 4) is 0 Å². The molecule has 1 aliphatic heterocycles. The quantitative estimate of drug-likeness (QED) is 0.0903. The molecule has 4 N–H and O–H groups in total. The van der Waals surface area contributed by atoms with Crippen molar-refractivity contribution in [1.29, 1.82) is 0 Å². The van der Waals surface area contributed by atoms with Crippen LogP contribution < -0.4 is 16.0 Å². The number of hydrogen-bond donors (Lipinski definition) is 4. The lowest BCUT2D eigenvalue weighted by Crippen LogP contribution is -2.35. The topological polar surface area (TPSA) is 180 Å². The number of benzene rings is 1. The van der Waals surface area contributed by atoms with Crippen LogP contribution >= 0.6 is 0 Å². The maximum absolute atomic E-state index is 13.8. The molecule has 1 aromatic carbocycles. The van der Waals surface area contributed by atoms with E-state index in [4.69, 9.17) is 23.7 Å². The predicted octanol–water partition coefficient (Wildman–Crippen LogP) is 2.00. The molecule has 266 valence electrons. The van der Waals surface area contributed by atoms with Crippen LogP contribution in [0.2, 0.25) is 0 Å². The third-order valence-electron chi connectivity index (χ3n) is 7.44. The molecule has 0 spiro atoms. The normalized spacial score (nSPS) is 13.1. The Morgan fingerprint density at radius 3 is 2.45 bits per heavy atom. The first-order valence-electron chi connectivity index (χ1n) is 16.0. The first kappa shape index (κ1) is 37.3. The number of fused-ring (bicyclic) bond motifs is 1. The molecule has 0 unspecified atom stereocenters. The lowest BCUT2D eigenvalue weighted by Gasteiger charge is -2.09. The zero-order chi connectivity index (χ0) is 35.0. The first-order valence-corrected chi connectivity index (χ1v) is 16.0.